The van der Waals surface area contributed by atoms with Gasteiger partial charge in [0, 0.05) is 12.6 Å². The van der Waals surface area contributed by atoms with Gasteiger partial charge in [0.05, 0.1) is 25.4 Å². The van der Waals surface area contributed by atoms with Gasteiger partial charge in [-0.2, -0.15) is 0 Å². The van der Waals surface area contributed by atoms with Gasteiger partial charge in [0.2, 0.25) is 0 Å². The second kappa shape index (κ2) is 5.39. The monoisotopic (exact) mass is 265 g/mol. The molecular formula is C15H23NO3. The van der Waals surface area contributed by atoms with Gasteiger partial charge in [-0.25, -0.2) is 0 Å². The molecule has 1 fully saturated rings. The van der Waals surface area contributed by atoms with Gasteiger partial charge in [-0.1, -0.05) is 6.07 Å². The Hall–Kier alpha value is -1.26. The third-order valence-electron chi connectivity index (χ3n) is 4.16. The molecule has 1 saturated heterocycles. The van der Waals surface area contributed by atoms with E-state index in [1.54, 1.807) is 14.2 Å². The average Bonchev–Trinajstić information content (AvgIpc) is 2.42. The molecule has 1 aromatic carbocycles. The Labute approximate surface area is 114 Å². The third kappa shape index (κ3) is 2.55. The summed E-state index contributed by atoms with van der Waals surface area (Å²) in [5, 5.41) is 11.1. The Balaban J connectivity index is 2.45. The minimum Gasteiger partial charge on any atom is -0.496 e. The number of ether oxygens (including phenoxy) is 2. The third-order valence-corrected chi connectivity index (χ3v) is 4.16. The van der Waals surface area contributed by atoms with Crippen LogP contribution in [0.2, 0.25) is 0 Å². The van der Waals surface area contributed by atoms with Crippen LogP contribution in [-0.2, 0) is 5.60 Å². The van der Waals surface area contributed by atoms with Crippen molar-refractivity contribution in [3.8, 4) is 11.5 Å². The lowest BCUT2D eigenvalue weighted by Gasteiger charge is -2.42. The molecule has 0 aromatic heterocycles. The molecular weight excluding hydrogens is 242 g/mol. The van der Waals surface area contributed by atoms with Crippen LogP contribution < -0.4 is 9.47 Å². The van der Waals surface area contributed by atoms with Gasteiger partial charge in [-0.15, -0.1) is 0 Å². The Bertz CT molecular complexity index is 427. The molecule has 0 radical (unpaired) electrons. The number of aliphatic hydroxyl groups is 1. The molecule has 0 spiro atoms. The fourth-order valence-electron chi connectivity index (χ4n) is 2.87. The highest BCUT2D eigenvalue weighted by molar-refractivity contribution is 5.49. The number of hydrogen-bond acceptors (Lipinski definition) is 4. The fourth-order valence-corrected chi connectivity index (χ4v) is 2.87. The van der Waals surface area contributed by atoms with Crippen LogP contribution in [0.25, 0.3) is 0 Å². The Morgan fingerprint density at radius 3 is 2.32 bits per heavy atom. The van der Waals surface area contributed by atoms with Gasteiger partial charge >= 0.3 is 0 Å². The second-order valence-electron chi connectivity index (χ2n) is 5.35. The van der Waals surface area contributed by atoms with E-state index in [9.17, 15) is 5.11 Å². The van der Waals surface area contributed by atoms with Crippen LogP contribution in [0, 0.1) is 0 Å². The predicted molar refractivity (Wildman–Crippen MR) is 74.8 cm³/mol. The van der Waals surface area contributed by atoms with Crippen molar-refractivity contribution in [1.29, 1.82) is 0 Å². The van der Waals surface area contributed by atoms with Crippen LogP contribution in [0.15, 0.2) is 18.2 Å². The maximum atomic E-state index is 11.1. The van der Waals surface area contributed by atoms with Crippen molar-refractivity contribution < 1.29 is 14.6 Å². The van der Waals surface area contributed by atoms with E-state index in [0.717, 1.165) is 12.1 Å². The quantitative estimate of drug-likeness (QED) is 0.907. The number of nitrogens with zero attached hydrogens (tertiary/aromatic N) is 1. The first kappa shape index (κ1) is 14.2. The zero-order valence-electron chi connectivity index (χ0n) is 12.1. The lowest BCUT2D eigenvalue weighted by atomic mass is 9.80. The van der Waals surface area contributed by atoms with Crippen molar-refractivity contribution in [2.24, 2.45) is 0 Å². The van der Waals surface area contributed by atoms with E-state index in [0.29, 0.717) is 30.4 Å². The molecule has 4 heteroatoms. The zero-order valence-corrected chi connectivity index (χ0v) is 12.1. The number of likely N-dealkylation sites (tertiary alicyclic amines) is 1. The summed E-state index contributed by atoms with van der Waals surface area (Å²) in [4.78, 5) is 2.26. The maximum absolute atomic E-state index is 11.1. The summed E-state index contributed by atoms with van der Waals surface area (Å²) in [5.41, 5.74) is -0.107. The van der Waals surface area contributed by atoms with Crippen molar-refractivity contribution in [1.82, 2.24) is 4.90 Å². The van der Waals surface area contributed by atoms with Crippen LogP contribution in [-0.4, -0.2) is 43.9 Å². The molecule has 1 aliphatic heterocycles. The van der Waals surface area contributed by atoms with E-state index in [-0.39, 0.29) is 0 Å². The van der Waals surface area contributed by atoms with E-state index in [2.05, 4.69) is 18.9 Å². The Morgan fingerprint density at radius 1 is 1.26 bits per heavy atom. The minimum absolute atomic E-state index is 0.327. The topological polar surface area (TPSA) is 41.9 Å². The van der Waals surface area contributed by atoms with Crippen molar-refractivity contribution in [2.45, 2.75) is 31.4 Å². The highest BCUT2D eigenvalue weighted by atomic mass is 16.5. The lowest BCUT2D eigenvalue weighted by molar-refractivity contribution is -0.0436. The van der Waals surface area contributed by atoms with Crippen molar-refractivity contribution in [3.63, 3.8) is 0 Å². The number of hydrogen-bond donors (Lipinski definition) is 1. The summed E-state index contributed by atoms with van der Waals surface area (Å²) < 4.78 is 10.8. The molecule has 1 heterocycles. The van der Waals surface area contributed by atoms with E-state index in [1.165, 1.54) is 0 Å². The van der Waals surface area contributed by atoms with Crippen LogP contribution in [0.5, 0.6) is 11.5 Å². The largest absolute Gasteiger partial charge is 0.496 e. The lowest BCUT2D eigenvalue weighted by Crippen LogP contribution is -2.46. The SMILES string of the molecule is COc1cccc(OC)c1C1(O)CCN(C)C(C)C1. The van der Waals surface area contributed by atoms with Crippen molar-refractivity contribution >= 4 is 0 Å². The van der Waals surface area contributed by atoms with Crippen LogP contribution in [0.3, 0.4) is 0 Å². The molecule has 1 aromatic rings. The van der Waals surface area contributed by atoms with Crippen molar-refractivity contribution in [2.75, 3.05) is 27.8 Å². The van der Waals surface area contributed by atoms with Gasteiger partial charge in [-0.3, -0.25) is 0 Å². The van der Waals surface area contributed by atoms with E-state index < -0.39 is 5.60 Å². The Morgan fingerprint density at radius 2 is 1.84 bits per heavy atom. The molecule has 0 bridgehead atoms. The van der Waals surface area contributed by atoms with Crippen LogP contribution in [0.4, 0.5) is 0 Å². The molecule has 1 aliphatic rings. The van der Waals surface area contributed by atoms with Gasteiger partial charge in [0.25, 0.3) is 0 Å². The van der Waals surface area contributed by atoms with Crippen molar-refractivity contribution in [3.05, 3.63) is 23.8 Å². The Kier molecular flexibility index (Phi) is 4.02. The maximum Gasteiger partial charge on any atom is 0.128 e. The molecule has 4 nitrogen and oxygen atoms in total. The summed E-state index contributed by atoms with van der Waals surface area (Å²) in [6.07, 6.45) is 1.37. The molecule has 0 aliphatic carbocycles. The molecule has 0 saturated carbocycles. The first-order chi connectivity index (χ1) is 9.01. The zero-order chi connectivity index (χ0) is 14.0. The van der Waals surface area contributed by atoms with Crippen LogP contribution >= 0.6 is 0 Å². The second-order valence-corrected chi connectivity index (χ2v) is 5.35. The van der Waals surface area contributed by atoms with Gasteiger partial charge in [0.1, 0.15) is 11.5 Å². The first-order valence-corrected chi connectivity index (χ1v) is 6.66. The van der Waals surface area contributed by atoms with E-state index >= 15 is 0 Å². The normalized spacial score (nSPS) is 28.2. The minimum atomic E-state index is -0.885. The number of benzene rings is 1. The summed E-state index contributed by atoms with van der Waals surface area (Å²) in [6.45, 7) is 2.99. The molecule has 19 heavy (non-hydrogen) atoms. The van der Waals surface area contributed by atoms with E-state index in [1.807, 2.05) is 18.2 Å². The van der Waals surface area contributed by atoms with E-state index in [4.69, 9.17) is 9.47 Å². The summed E-state index contributed by atoms with van der Waals surface area (Å²) in [5.74, 6) is 1.39. The number of rotatable bonds is 3. The first-order valence-electron chi connectivity index (χ1n) is 6.66. The number of methoxy groups -OCH3 is 2. The smallest absolute Gasteiger partial charge is 0.128 e. The summed E-state index contributed by atoms with van der Waals surface area (Å²) in [7, 11) is 5.34. The van der Waals surface area contributed by atoms with Gasteiger partial charge in [-0.05, 0) is 38.9 Å². The molecule has 2 rings (SSSR count). The molecule has 106 valence electrons. The molecule has 2 unspecified atom stereocenters. The summed E-state index contributed by atoms with van der Waals surface area (Å²) in [6, 6.07) is 5.95. The van der Waals surface area contributed by atoms with Gasteiger partial charge < -0.3 is 19.5 Å². The average molecular weight is 265 g/mol. The fraction of sp³-hybridized carbons (Fsp3) is 0.600. The number of piperidine rings is 1. The highest BCUT2D eigenvalue weighted by Crippen LogP contribution is 2.44. The molecule has 0 amide bonds. The molecule has 2 atom stereocenters. The van der Waals surface area contributed by atoms with Crippen LogP contribution in [0.1, 0.15) is 25.3 Å². The highest BCUT2D eigenvalue weighted by Gasteiger charge is 2.40. The van der Waals surface area contributed by atoms with Gasteiger partial charge in [0.15, 0.2) is 0 Å². The predicted octanol–water partition coefficient (Wildman–Crippen LogP) is 2.01. The summed E-state index contributed by atoms with van der Waals surface area (Å²) >= 11 is 0. The standard InChI is InChI=1S/C15H23NO3/c1-11-10-15(17,8-9-16(11)2)14-12(18-3)6-5-7-13(14)19-4/h5-7,11,17H,8-10H2,1-4H3. The molecule has 1 N–H and O–H groups in total.